The van der Waals surface area contributed by atoms with Gasteiger partial charge in [0.2, 0.25) is 5.91 Å². The molecular weight excluding hydrogens is 272 g/mol. The summed E-state index contributed by atoms with van der Waals surface area (Å²) in [5.74, 6) is 0.265. The number of carbonyl (C=O) groups is 1. The molecule has 1 fully saturated rings. The maximum absolute atomic E-state index is 12.8. The van der Waals surface area contributed by atoms with Crippen molar-refractivity contribution in [3.05, 3.63) is 34.9 Å². The van der Waals surface area contributed by atoms with Crippen LogP contribution < -0.4 is 5.32 Å². The van der Waals surface area contributed by atoms with E-state index in [-0.39, 0.29) is 11.3 Å². The third-order valence-corrected chi connectivity index (χ3v) is 4.58. The molecule has 0 aromatic heterocycles. The minimum Gasteiger partial charge on any atom is -0.341 e. The number of piperidine rings is 1. The molecule has 0 radical (unpaired) electrons. The lowest BCUT2D eigenvalue weighted by atomic mass is 9.75. The van der Waals surface area contributed by atoms with Crippen LogP contribution in [0, 0.1) is 5.41 Å². The van der Waals surface area contributed by atoms with Crippen LogP contribution >= 0.6 is 11.6 Å². The van der Waals surface area contributed by atoms with E-state index in [9.17, 15) is 4.79 Å². The van der Waals surface area contributed by atoms with E-state index in [0.717, 1.165) is 42.9 Å². The highest BCUT2D eigenvalue weighted by Crippen LogP contribution is 2.34. The quantitative estimate of drug-likeness (QED) is 0.925. The van der Waals surface area contributed by atoms with Crippen molar-refractivity contribution in [2.24, 2.45) is 5.41 Å². The Morgan fingerprint density at radius 2 is 2.10 bits per heavy atom. The van der Waals surface area contributed by atoms with Gasteiger partial charge >= 0.3 is 0 Å². The summed E-state index contributed by atoms with van der Waals surface area (Å²) in [6.07, 6.45) is 2.78. The second-order valence-electron chi connectivity index (χ2n) is 5.68. The molecule has 110 valence electrons. The lowest BCUT2D eigenvalue weighted by Crippen LogP contribution is -2.47. The Hall–Kier alpha value is -1.06. The van der Waals surface area contributed by atoms with Crippen molar-refractivity contribution in [1.82, 2.24) is 10.2 Å². The fourth-order valence-corrected chi connectivity index (χ4v) is 3.22. The van der Waals surface area contributed by atoms with Crippen LogP contribution in [0.4, 0.5) is 0 Å². The zero-order valence-corrected chi connectivity index (χ0v) is 13.0. The van der Waals surface area contributed by atoms with Crippen LogP contribution in [-0.2, 0) is 11.3 Å². The number of rotatable bonds is 4. The lowest BCUT2D eigenvalue weighted by Gasteiger charge is -2.38. The van der Waals surface area contributed by atoms with Gasteiger partial charge in [-0.25, -0.2) is 0 Å². The molecule has 1 aromatic carbocycles. The number of hydrogen-bond acceptors (Lipinski definition) is 2. The van der Waals surface area contributed by atoms with Gasteiger partial charge in [-0.15, -0.1) is 0 Å². The summed E-state index contributed by atoms with van der Waals surface area (Å²) in [7, 11) is 1.89. The molecule has 1 aliphatic heterocycles. The number of hydrogen-bond donors (Lipinski definition) is 1. The Kier molecular flexibility index (Phi) is 5.06. The normalized spacial score (nSPS) is 17.8. The van der Waals surface area contributed by atoms with E-state index in [1.807, 2.05) is 36.2 Å². The molecule has 1 saturated heterocycles. The van der Waals surface area contributed by atoms with Crippen molar-refractivity contribution in [2.45, 2.75) is 32.7 Å². The smallest absolute Gasteiger partial charge is 0.228 e. The summed E-state index contributed by atoms with van der Waals surface area (Å²) in [5, 5.41) is 4.05. The van der Waals surface area contributed by atoms with E-state index in [2.05, 4.69) is 12.2 Å². The molecule has 0 spiro atoms. The van der Waals surface area contributed by atoms with E-state index in [4.69, 9.17) is 11.6 Å². The van der Waals surface area contributed by atoms with Crippen molar-refractivity contribution in [2.75, 3.05) is 20.1 Å². The fourth-order valence-electron chi connectivity index (χ4n) is 3.01. The highest BCUT2D eigenvalue weighted by molar-refractivity contribution is 6.30. The third kappa shape index (κ3) is 3.33. The molecule has 2 rings (SSSR count). The van der Waals surface area contributed by atoms with Gasteiger partial charge in [0.15, 0.2) is 0 Å². The van der Waals surface area contributed by atoms with Crippen molar-refractivity contribution in [3.8, 4) is 0 Å². The first kappa shape index (κ1) is 15.3. The number of amides is 1. The van der Waals surface area contributed by atoms with Crippen molar-refractivity contribution in [3.63, 3.8) is 0 Å². The number of nitrogens with one attached hydrogen (secondary N) is 1. The van der Waals surface area contributed by atoms with Gasteiger partial charge < -0.3 is 10.2 Å². The van der Waals surface area contributed by atoms with Crippen LogP contribution in [0.3, 0.4) is 0 Å². The Morgan fingerprint density at radius 1 is 1.40 bits per heavy atom. The summed E-state index contributed by atoms with van der Waals surface area (Å²) in [6, 6.07) is 7.71. The molecule has 1 heterocycles. The maximum atomic E-state index is 12.8. The Labute approximate surface area is 126 Å². The maximum Gasteiger partial charge on any atom is 0.228 e. The topological polar surface area (TPSA) is 32.3 Å². The molecule has 0 bridgehead atoms. The van der Waals surface area contributed by atoms with Crippen LogP contribution in [0.2, 0.25) is 5.02 Å². The first-order valence-corrected chi connectivity index (χ1v) is 7.66. The van der Waals surface area contributed by atoms with Crippen LogP contribution in [0.15, 0.2) is 24.3 Å². The fraction of sp³-hybridized carbons (Fsp3) is 0.562. The van der Waals surface area contributed by atoms with Crippen LogP contribution in [0.25, 0.3) is 0 Å². The van der Waals surface area contributed by atoms with E-state index >= 15 is 0 Å². The molecule has 1 amide bonds. The van der Waals surface area contributed by atoms with Gasteiger partial charge in [0.25, 0.3) is 0 Å². The van der Waals surface area contributed by atoms with Gasteiger partial charge in [-0.2, -0.15) is 0 Å². The molecule has 0 aliphatic carbocycles. The SMILES string of the molecule is CCC1(C(=O)N(C)Cc2cccc(Cl)c2)CCNCC1. The Balaban J connectivity index is 2.07. The molecule has 4 heteroatoms. The second kappa shape index (κ2) is 6.59. The summed E-state index contributed by atoms with van der Waals surface area (Å²) < 4.78 is 0. The average molecular weight is 295 g/mol. The minimum absolute atomic E-state index is 0.182. The van der Waals surface area contributed by atoms with Gasteiger partial charge in [0.1, 0.15) is 0 Å². The molecule has 3 nitrogen and oxygen atoms in total. The Bertz CT molecular complexity index is 469. The number of nitrogens with zero attached hydrogens (tertiary/aromatic N) is 1. The molecular formula is C16H23ClN2O. The van der Waals surface area contributed by atoms with E-state index in [1.165, 1.54) is 0 Å². The highest BCUT2D eigenvalue weighted by Gasteiger charge is 2.39. The van der Waals surface area contributed by atoms with Crippen molar-refractivity contribution >= 4 is 17.5 Å². The molecule has 1 aromatic rings. The zero-order chi connectivity index (χ0) is 14.6. The largest absolute Gasteiger partial charge is 0.341 e. The van der Waals surface area contributed by atoms with Gasteiger partial charge in [-0.3, -0.25) is 4.79 Å². The summed E-state index contributed by atoms with van der Waals surface area (Å²) in [5.41, 5.74) is 0.895. The third-order valence-electron chi connectivity index (χ3n) is 4.35. The first-order valence-electron chi connectivity index (χ1n) is 7.28. The van der Waals surface area contributed by atoms with Crippen LogP contribution in [0.1, 0.15) is 31.7 Å². The zero-order valence-electron chi connectivity index (χ0n) is 12.3. The van der Waals surface area contributed by atoms with Crippen LogP contribution in [0.5, 0.6) is 0 Å². The highest BCUT2D eigenvalue weighted by atomic mass is 35.5. The molecule has 20 heavy (non-hydrogen) atoms. The van der Waals surface area contributed by atoms with Gasteiger partial charge in [0, 0.05) is 18.6 Å². The number of carbonyl (C=O) groups excluding carboxylic acids is 1. The number of halogens is 1. The summed E-state index contributed by atoms with van der Waals surface area (Å²) >= 11 is 6.00. The molecule has 0 unspecified atom stereocenters. The molecule has 1 aliphatic rings. The predicted octanol–water partition coefficient (Wildman–Crippen LogP) is 3.08. The van der Waals surface area contributed by atoms with Gasteiger partial charge in [-0.1, -0.05) is 30.7 Å². The summed E-state index contributed by atoms with van der Waals surface area (Å²) in [4.78, 5) is 14.7. The molecule has 0 saturated carbocycles. The monoisotopic (exact) mass is 294 g/mol. The lowest BCUT2D eigenvalue weighted by molar-refractivity contribution is -0.143. The first-order chi connectivity index (χ1) is 9.57. The van der Waals surface area contributed by atoms with E-state index < -0.39 is 0 Å². The van der Waals surface area contributed by atoms with E-state index in [1.54, 1.807) is 0 Å². The van der Waals surface area contributed by atoms with Gasteiger partial charge in [-0.05, 0) is 50.0 Å². The molecule has 0 atom stereocenters. The molecule has 1 N–H and O–H groups in total. The minimum atomic E-state index is -0.182. The number of benzene rings is 1. The van der Waals surface area contributed by atoms with Crippen molar-refractivity contribution in [1.29, 1.82) is 0 Å². The second-order valence-corrected chi connectivity index (χ2v) is 6.11. The van der Waals surface area contributed by atoms with Crippen LogP contribution in [-0.4, -0.2) is 30.9 Å². The standard InChI is InChI=1S/C16H23ClN2O/c1-3-16(7-9-18-10-8-16)15(20)19(2)12-13-5-4-6-14(17)11-13/h4-6,11,18H,3,7-10,12H2,1-2H3. The van der Waals surface area contributed by atoms with Gasteiger partial charge in [0.05, 0.1) is 5.41 Å². The Morgan fingerprint density at radius 3 is 2.70 bits per heavy atom. The van der Waals surface area contributed by atoms with E-state index in [0.29, 0.717) is 6.54 Å². The average Bonchev–Trinajstić information content (AvgIpc) is 2.47. The summed E-state index contributed by atoms with van der Waals surface area (Å²) in [6.45, 7) is 4.61. The van der Waals surface area contributed by atoms with Crippen molar-refractivity contribution < 1.29 is 4.79 Å². The predicted molar refractivity (Wildman–Crippen MR) is 82.8 cm³/mol.